The summed E-state index contributed by atoms with van der Waals surface area (Å²) in [5.41, 5.74) is 0.226. The second-order valence-electron chi connectivity index (χ2n) is 7.73. The number of benzene rings is 1. The van der Waals surface area contributed by atoms with E-state index in [-0.39, 0.29) is 13.0 Å². The van der Waals surface area contributed by atoms with E-state index in [1.54, 1.807) is 32.9 Å². The summed E-state index contributed by atoms with van der Waals surface area (Å²) in [5.74, 6) is -1.16. The van der Waals surface area contributed by atoms with Gasteiger partial charge in [-0.05, 0) is 32.8 Å². The third kappa shape index (κ3) is 7.48. The van der Waals surface area contributed by atoms with Crippen molar-refractivity contribution in [2.45, 2.75) is 51.5 Å². The Balaban J connectivity index is 1.96. The Labute approximate surface area is 170 Å². The van der Waals surface area contributed by atoms with E-state index in [2.05, 4.69) is 10.6 Å². The SMILES string of the molecule is COC(=O)[C@H]1C[C@H](NC(=O)OC(C)(C)C)C=CC1NC(=O)OCc1ccccc1. The Morgan fingerprint density at radius 1 is 1.03 bits per heavy atom. The van der Waals surface area contributed by atoms with Gasteiger partial charge in [-0.1, -0.05) is 42.5 Å². The lowest BCUT2D eigenvalue weighted by Crippen LogP contribution is -2.49. The third-order valence-electron chi connectivity index (χ3n) is 4.20. The van der Waals surface area contributed by atoms with Gasteiger partial charge in [0.1, 0.15) is 12.2 Å². The Bertz CT molecular complexity index is 741. The summed E-state index contributed by atoms with van der Waals surface area (Å²) in [7, 11) is 1.28. The average molecular weight is 404 g/mol. The molecular weight excluding hydrogens is 376 g/mol. The van der Waals surface area contributed by atoms with Crippen LogP contribution < -0.4 is 10.6 Å². The molecule has 0 saturated carbocycles. The van der Waals surface area contributed by atoms with Crippen molar-refractivity contribution < 1.29 is 28.6 Å². The molecule has 1 aliphatic rings. The van der Waals surface area contributed by atoms with E-state index in [9.17, 15) is 14.4 Å². The molecule has 29 heavy (non-hydrogen) atoms. The average Bonchev–Trinajstić information content (AvgIpc) is 2.66. The summed E-state index contributed by atoms with van der Waals surface area (Å²) in [6.45, 7) is 5.42. The van der Waals surface area contributed by atoms with E-state index in [0.717, 1.165) is 5.56 Å². The molecule has 0 aromatic heterocycles. The number of esters is 1. The normalized spacial score (nSPS) is 21.0. The summed E-state index contributed by atoms with van der Waals surface area (Å²) in [5, 5.41) is 5.38. The molecule has 158 valence electrons. The molecule has 0 bridgehead atoms. The minimum absolute atomic E-state index is 0.120. The van der Waals surface area contributed by atoms with Crippen LogP contribution in [0.1, 0.15) is 32.8 Å². The summed E-state index contributed by atoms with van der Waals surface area (Å²) >= 11 is 0. The Morgan fingerprint density at radius 3 is 2.34 bits per heavy atom. The van der Waals surface area contributed by atoms with E-state index in [4.69, 9.17) is 14.2 Å². The summed E-state index contributed by atoms with van der Waals surface area (Å²) in [6, 6.07) is 8.24. The Morgan fingerprint density at radius 2 is 1.72 bits per heavy atom. The standard InChI is InChI=1S/C21H28N2O6/c1-21(2,3)29-20(26)22-15-10-11-17(16(12-15)18(24)27-4)23-19(25)28-13-14-8-6-5-7-9-14/h5-11,15-17H,12-13H2,1-4H3,(H,22,26)(H,23,25)/t15-,16+,17?/m1/s1. The molecule has 2 amide bonds. The molecule has 0 heterocycles. The zero-order chi connectivity index (χ0) is 21.4. The van der Waals surface area contributed by atoms with Gasteiger partial charge in [-0.2, -0.15) is 0 Å². The molecule has 8 nitrogen and oxygen atoms in total. The second kappa shape index (κ2) is 9.95. The third-order valence-corrected chi connectivity index (χ3v) is 4.20. The van der Waals surface area contributed by atoms with Crippen LogP contribution in [-0.2, 0) is 25.6 Å². The van der Waals surface area contributed by atoms with Crippen LogP contribution in [0.3, 0.4) is 0 Å². The van der Waals surface area contributed by atoms with Crippen molar-refractivity contribution in [2.75, 3.05) is 7.11 Å². The first-order valence-corrected chi connectivity index (χ1v) is 9.41. The monoisotopic (exact) mass is 404 g/mol. The van der Waals surface area contributed by atoms with Gasteiger partial charge in [0.15, 0.2) is 0 Å². The molecule has 0 aliphatic heterocycles. The minimum Gasteiger partial charge on any atom is -0.469 e. The summed E-state index contributed by atoms with van der Waals surface area (Å²) in [4.78, 5) is 36.3. The van der Waals surface area contributed by atoms with Gasteiger partial charge in [0.25, 0.3) is 0 Å². The van der Waals surface area contributed by atoms with E-state index >= 15 is 0 Å². The Hall–Kier alpha value is -3.03. The Kier molecular flexibility index (Phi) is 7.64. The number of nitrogens with one attached hydrogen (secondary N) is 2. The number of ether oxygens (including phenoxy) is 3. The topological polar surface area (TPSA) is 103 Å². The van der Waals surface area contributed by atoms with E-state index in [1.807, 2.05) is 30.3 Å². The number of hydrogen-bond acceptors (Lipinski definition) is 6. The molecular formula is C21H28N2O6. The zero-order valence-electron chi connectivity index (χ0n) is 17.1. The fraction of sp³-hybridized carbons (Fsp3) is 0.476. The van der Waals surface area contributed by atoms with Gasteiger partial charge in [-0.15, -0.1) is 0 Å². The molecule has 3 atom stereocenters. The van der Waals surface area contributed by atoms with Crippen LogP contribution >= 0.6 is 0 Å². The maximum absolute atomic E-state index is 12.2. The van der Waals surface area contributed by atoms with Crippen LogP contribution in [0.5, 0.6) is 0 Å². The van der Waals surface area contributed by atoms with Gasteiger partial charge in [0.2, 0.25) is 0 Å². The number of amides is 2. The van der Waals surface area contributed by atoms with Crippen molar-refractivity contribution in [2.24, 2.45) is 5.92 Å². The molecule has 1 aromatic carbocycles. The molecule has 0 radical (unpaired) electrons. The lowest BCUT2D eigenvalue weighted by molar-refractivity contribution is -0.146. The van der Waals surface area contributed by atoms with Crippen molar-refractivity contribution in [3.63, 3.8) is 0 Å². The van der Waals surface area contributed by atoms with Gasteiger partial charge >= 0.3 is 18.2 Å². The molecule has 2 rings (SSSR count). The van der Waals surface area contributed by atoms with Crippen molar-refractivity contribution in [1.82, 2.24) is 10.6 Å². The van der Waals surface area contributed by atoms with Crippen LogP contribution in [0.15, 0.2) is 42.5 Å². The molecule has 1 unspecified atom stereocenters. The molecule has 0 saturated heterocycles. The smallest absolute Gasteiger partial charge is 0.408 e. The largest absolute Gasteiger partial charge is 0.469 e. The number of methoxy groups -OCH3 is 1. The second-order valence-corrected chi connectivity index (χ2v) is 7.73. The highest BCUT2D eigenvalue weighted by atomic mass is 16.6. The first-order valence-electron chi connectivity index (χ1n) is 9.41. The first kappa shape index (κ1) is 22.3. The molecule has 1 aliphatic carbocycles. The fourth-order valence-corrected chi connectivity index (χ4v) is 2.90. The number of rotatable bonds is 5. The number of carbonyl (C=O) groups is 3. The highest BCUT2D eigenvalue weighted by Gasteiger charge is 2.35. The maximum atomic E-state index is 12.2. The summed E-state index contributed by atoms with van der Waals surface area (Å²) in [6.07, 6.45) is 2.40. The van der Waals surface area contributed by atoms with Crippen molar-refractivity contribution in [3.05, 3.63) is 48.0 Å². The van der Waals surface area contributed by atoms with E-state index < -0.39 is 41.8 Å². The van der Waals surface area contributed by atoms with Crippen LogP contribution in [0.25, 0.3) is 0 Å². The van der Waals surface area contributed by atoms with Crippen molar-refractivity contribution in [3.8, 4) is 0 Å². The molecule has 0 fully saturated rings. The molecule has 0 spiro atoms. The lowest BCUT2D eigenvalue weighted by Gasteiger charge is -2.31. The zero-order valence-corrected chi connectivity index (χ0v) is 17.1. The highest BCUT2D eigenvalue weighted by molar-refractivity contribution is 5.76. The maximum Gasteiger partial charge on any atom is 0.408 e. The van der Waals surface area contributed by atoms with Crippen LogP contribution in [0.2, 0.25) is 0 Å². The first-order chi connectivity index (χ1) is 13.7. The predicted molar refractivity (Wildman–Crippen MR) is 106 cm³/mol. The number of carbonyl (C=O) groups excluding carboxylic acids is 3. The van der Waals surface area contributed by atoms with Gasteiger partial charge in [0.05, 0.1) is 25.1 Å². The predicted octanol–water partition coefficient (Wildman–Crippen LogP) is 2.92. The van der Waals surface area contributed by atoms with Crippen molar-refractivity contribution in [1.29, 1.82) is 0 Å². The molecule has 8 heteroatoms. The van der Waals surface area contributed by atoms with Crippen LogP contribution in [0, 0.1) is 5.92 Å². The van der Waals surface area contributed by atoms with Crippen LogP contribution in [0.4, 0.5) is 9.59 Å². The molecule has 2 N–H and O–H groups in total. The van der Waals surface area contributed by atoms with E-state index in [1.165, 1.54) is 7.11 Å². The summed E-state index contributed by atoms with van der Waals surface area (Å²) < 4.78 is 15.3. The number of alkyl carbamates (subject to hydrolysis) is 2. The van der Waals surface area contributed by atoms with Gasteiger partial charge in [-0.3, -0.25) is 4.79 Å². The minimum atomic E-state index is -0.672. The van der Waals surface area contributed by atoms with Gasteiger partial charge < -0.3 is 24.8 Å². The number of hydrogen-bond donors (Lipinski definition) is 2. The molecule has 1 aromatic rings. The van der Waals surface area contributed by atoms with Gasteiger partial charge in [-0.25, -0.2) is 9.59 Å². The van der Waals surface area contributed by atoms with E-state index in [0.29, 0.717) is 0 Å². The van der Waals surface area contributed by atoms with Gasteiger partial charge in [0, 0.05) is 0 Å². The van der Waals surface area contributed by atoms with Crippen molar-refractivity contribution >= 4 is 18.2 Å². The van der Waals surface area contributed by atoms with Crippen LogP contribution in [-0.4, -0.2) is 43.0 Å². The quantitative estimate of drug-likeness (QED) is 0.444. The highest BCUT2D eigenvalue weighted by Crippen LogP contribution is 2.22. The lowest BCUT2D eigenvalue weighted by atomic mass is 9.87. The fourth-order valence-electron chi connectivity index (χ4n) is 2.90.